The van der Waals surface area contributed by atoms with Gasteiger partial charge in [-0.05, 0) is 37.5 Å². The Labute approximate surface area is 138 Å². The van der Waals surface area contributed by atoms with Gasteiger partial charge in [0.2, 0.25) is 5.91 Å². The van der Waals surface area contributed by atoms with Crippen molar-refractivity contribution in [2.75, 3.05) is 13.1 Å². The van der Waals surface area contributed by atoms with Crippen molar-refractivity contribution in [3.05, 3.63) is 35.6 Å². The van der Waals surface area contributed by atoms with Crippen LogP contribution in [0.2, 0.25) is 0 Å². The summed E-state index contributed by atoms with van der Waals surface area (Å²) in [5.41, 5.74) is 0.913. The van der Waals surface area contributed by atoms with Gasteiger partial charge in [-0.15, -0.1) is 0 Å². The predicted octanol–water partition coefficient (Wildman–Crippen LogP) is 2.48. The van der Waals surface area contributed by atoms with Crippen molar-refractivity contribution in [1.29, 1.82) is 0 Å². The summed E-state index contributed by atoms with van der Waals surface area (Å²) in [4.78, 5) is 14.6. The molecule has 5 heteroatoms. The number of piperazine rings is 1. The zero-order chi connectivity index (χ0) is 14.3. The second kappa shape index (κ2) is 6.16. The molecule has 1 N–H and O–H groups in total. The van der Waals surface area contributed by atoms with Gasteiger partial charge in [0.1, 0.15) is 5.82 Å². The molecule has 1 aromatic carbocycles. The Balaban J connectivity index is 0.00000161. The molecule has 1 saturated heterocycles. The van der Waals surface area contributed by atoms with Crippen LogP contribution in [0.25, 0.3) is 0 Å². The molecule has 3 nitrogen and oxygen atoms in total. The zero-order valence-electron chi connectivity index (χ0n) is 12.3. The second-order valence-corrected chi connectivity index (χ2v) is 6.38. The fourth-order valence-electron chi connectivity index (χ4n) is 2.81. The average Bonchev–Trinajstić information content (AvgIpc) is 3.19. The van der Waals surface area contributed by atoms with Gasteiger partial charge in [0.25, 0.3) is 0 Å². The Morgan fingerprint density at radius 1 is 1.33 bits per heavy atom. The predicted molar refractivity (Wildman–Crippen MR) is 75.7 cm³/mol. The van der Waals surface area contributed by atoms with Crippen molar-refractivity contribution in [1.82, 2.24) is 10.2 Å². The fraction of sp³-hybridized carbons (Fsp3) is 0.562. The van der Waals surface area contributed by atoms with Crippen LogP contribution in [0.5, 0.6) is 0 Å². The van der Waals surface area contributed by atoms with Gasteiger partial charge < -0.3 is 10.2 Å². The molecule has 2 aliphatic rings. The molecular weight excluding hydrogens is 362 g/mol. The van der Waals surface area contributed by atoms with Gasteiger partial charge in [-0.2, -0.15) is 0 Å². The Morgan fingerprint density at radius 3 is 2.52 bits per heavy atom. The van der Waals surface area contributed by atoms with E-state index in [2.05, 4.69) is 19.2 Å². The molecule has 1 aliphatic carbocycles. The van der Waals surface area contributed by atoms with Crippen molar-refractivity contribution >= 4 is 5.91 Å². The largest absolute Gasteiger partial charge is 0.336 e. The van der Waals surface area contributed by atoms with Gasteiger partial charge in [-0.25, -0.2) is 4.39 Å². The SMILES string of the molecule is C[C@@H]1CN[C@@H](c2ccc(F)cc2)CN1C(=O)C1(C)CC1.[Pd]. The smallest absolute Gasteiger partial charge is 0.228 e. The first-order valence-corrected chi connectivity index (χ1v) is 7.29. The van der Waals surface area contributed by atoms with E-state index in [1.54, 1.807) is 12.1 Å². The molecule has 118 valence electrons. The molecule has 0 spiro atoms. The third-order valence-electron chi connectivity index (χ3n) is 4.62. The molecule has 1 heterocycles. The quantitative estimate of drug-likeness (QED) is 0.797. The Hall–Kier alpha value is -0.758. The summed E-state index contributed by atoms with van der Waals surface area (Å²) in [6.07, 6.45) is 2.01. The molecular formula is C16H21FN2OPd. The van der Waals surface area contributed by atoms with Crippen molar-refractivity contribution in [3.63, 3.8) is 0 Å². The molecule has 1 aromatic rings. The van der Waals surface area contributed by atoms with Crippen molar-refractivity contribution in [2.24, 2.45) is 5.41 Å². The zero-order valence-corrected chi connectivity index (χ0v) is 13.9. The minimum Gasteiger partial charge on any atom is -0.336 e. The van der Waals surface area contributed by atoms with Crippen LogP contribution in [0.15, 0.2) is 24.3 Å². The minimum atomic E-state index is -0.226. The van der Waals surface area contributed by atoms with Crippen LogP contribution in [0, 0.1) is 11.2 Å². The number of benzene rings is 1. The summed E-state index contributed by atoms with van der Waals surface area (Å²) < 4.78 is 13.0. The molecule has 0 radical (unpaired) electrons. The number of carbonyl (C=O) groups is 1. The molecule has 0 bridgehead atoms. The molecule has 1 aliphatic heterocycles. The summed E-state index contributed by atoms with van der Waals surface area (Å²) in [6, 6.07) is 6.86. The van der Waals surface area contributed by atoms with E-state index < -0.39 is 0 Å². The van der Waals surface area contributed by atoms with Crippen LogP contribution < -0.4 is 5.32 Å². The van der Waals surface area contributed by atoms with E-state index in [9.17, 15) is 9.18 Å². The maximum Gasteiger partial charge on any atom is 0.228 e. The summed E-state index contributed by atoms with van der Waals surface area (Å²) in [5, 5.41) is 3.44. The Bertz CT molecular complexity index is 516. The van der Waals surface area contributed by atoms with E-state index in [-0.39, 0.29) is 49.6 Å². The normalized spacial score (nSPS) is 26.9. The molecule has 0 unspecified atom stereocenters. The van der Waals surface area contributed by atoms with Gasteiger partial charge in [-0.1, -0.05) is 19.1 Å². The van der Waals surface area contributed by atoms with Gasteiger partial charge in [0.05, 0.1) is 0 Å². The molecule has 2 atom stereocenters. The van der Waals surface area contributed by atoms with E-state index in [0.717, 1.165) is 24.9 Å². The van der Waals surface area contributed by atoms with Crippen LogP contribution in [0.4, 0.5) is 4.39 Å². The monoisotopic (exact) mass is 382 g/mol. The summed E-state index contributed by atoms with van der Waals surface area (Å²) in [6.45, 7) is 5.58. The number of halogens is 1. The van der Waals surface area contributed by atoms with Crippen molar-refractivity contribution in [2.45, 2.75) is 38.8 Å². The van der Waals surface area contributed by atoms with E-state index in [1.807, 2.05) is 4.90 Å². The first-order valence-electron chi connectivity index (χ1n) is 7.29. The number of nitrogens with zero attached hydrogens (tertiary/aromatic N) is 1. The maximum absolute atomic E-state index is 13.0. The number of carbonyl (C=O) groups excluding carboxylic acids is 1. The molecule has 1 amide bonds. The third-order valence-corrected chi connectivity index (χ3v) is 4.62. The number of amides is 1. The van der Waals surface area contributed by atoms with Crippen LogP contribution in [0.3, 0.4) is 0 Å². The summed E-state index contributed by atoms with van der Waals surface area (Å²) in [7, 11) is 0. The number of nitrogens with one attached hydrogen (secondary N) is 1. The standard InChI is InChI=1S/C16H21FN2O.Pd/c1-11-9-18-14(12-3-5-13(17)6-4-12)10-19(11)15(20)16(2)7-8-16;/h3-6,11,14,18H,7-10H2,1-2H3;/t11-,14-;/m1./s1. The van der Waals surface area contributed by atoms with E-state index >= 15 is 0 Å². The van der Waals surface area contributed by atoms with E-state index in [1.165, 1.54) is 12.1 Å². The molecule has 1 saturated carbocycles. The van der Waals surface area contributed by atoms with Crippen molar-refractivity contribution in [3.8, 4) is 0 Å². The molecule has 3 rings (SSSR count). The average molecular weight is 383 g/mol. The molecule has 21 heavy (non-hydrogen) atoms. The number of rotatable bonds is 2. The van der Waals surface area contributed by atoms with E-state index in [0.29, 0.717) is 6.54 Å². The summed E-state index contributed by atoms with van der Waals surface area (Å²) in [5.74, 6) is 0.0509. The molecule has 2 fully saturated rings. The maximum atomic E-state index is 13.0. The van der Waals surface area contributed by atoms with Gasteiger partial charge in [0, 0.05) is 51.0 Å². The summed E-state index contributed by atoms with van der Waals surface area (Å²) >= 11 is 0. The van der Waals surface area contributed by atoms with Gasteiger partial charge in [-0.3, -0.25) is 4.79 Å². The third kappa shape index (κ3) is 3.36. The number of hydrogen-bond donors (Lipinski definition) is 1. The fourth-order valence-corrected chi connectivity index (χ4v) is 2.81. The first kappa shape index (κ1) is 16.6. The topological polar surface area (TPSA) is 32.3 Å². The number of hydrogen-bond acceptors (Lipinski definition) is 2. The van der Waals surface area contributed by atoms with Crippen molar-refractivity contribution < 1.29 is 29.6 Å². The second-order valence-electron chi connectivity index (χ2n) is 6.38. The van der Waals surface area contributed by atoms with Crippen LogP contribution in [-0.4, -0.2) is 29.9 Å². The molecule has 0 aromatic heterocycles. The van der Waals surface area contributed by atoms with E-state index in [4.69, 9.17) is 0 Å². The van der Waals surface area contributed by atoms with Crippen LogP contribution in [-0.2, 0) is 25.2 Å². The van der Waals surface area contributed by atoms with Crippen LogP contribution >= 0.6 is 0 Å². The minimum absolute atomic E-state index is 0. The van der Waals surface area contributed by atoms with Gasteiger partial charge in [0.15, 0.2) is 0 Å². The Kier molecular flexibility index (Phi) is 4.87. The van der Waals surface area contributed by atoms with Crippen LogP contribution in [0.1, 0.15) is 38.3 Å². The van der Waals surface area contributed by atoms with Gasteiger partial charge >= 0.3 is 0 Å². The first-order chi connectivity index (χ1) is 9.49. The Morgan fingerprint density at radius 2 is 1.95 bits per heavy atom.